The Labute approximate surface area is 140 Å². The van der Waals surface area contributed by atoms with E-state index >= 15 is 0 Å². The van der Waals surface area contributed by atoms with Crippen LogP contribution in [-0.4, -0.2) is 23.9 Å². The number of methoxy groups -OCH3 is 2. The minimum Gasteiger partial charge on any atom is -0.497 e. The van der Waals surface area contributed by atoms with Gasteiger partial charge in [-0.25, -0.2) is 9.66 Å². The second-order valence-corrected chi connectivity index (χ2v) is 5.28. The van der Waals surface area contributed by atoms with E-state index in [0.29, 0.717) is 12.5 Å². The average Bonchev–Trinajstić information content (AvgIpc) is 3.01. The fraction of sp³-hybridized carbons (Fsp3) is 0.167. The fourth-order valence-electron chi connectivity index (χ4n) is 2.41. The van der Waals surface area contributed by atoms with Crippen molar-refractivity contribution in [3.63, 3.8) is 0 Å². The lowest BCUT2D eigenvalue weighted by atomic mass is 10.2. The molecule has 1 heterocycles. The highest BCUT2D eigenvalue weighted by atomic mass is 16.5. The number of rotatable bonds is 6. The van der Waals surface area contributed by atoms with E-state index < -0.39 is 0 Å². The summed E-state index contributed by atoms with van der Waals surface area (Å²) in [5, 5.41) is 0. The standard InChI is InChI=1S/C18H20N4O2/c1-23-15-8-13(9-16(10-15)24-2)11-20-22-12-17(21-18(22)19)14-6-4-3-5-7-14/h3-10,12,20H,11H2,1-2H3,(H2,19,21). The van der Waals surface area contributed by atoms with Gasteiger partial charge in [0.25, 0.3) is 0 Å². The molecule has 124 valence electrons. The predicted octanol–water partition coefficient (Wildman–Crippen LogP) is 2.89. The molecule has 24 heavy (non-hydrogen) atoms. The number of nitrogens with two attached hydrogens (primary N) is 1. The van der Waals surface area contributed by atoms with E-state index in [0.717, 1.165) is 28.3 Å². The largest absolute Gasteiger partial charge is 0.497 e. The van der Waals surface area contributed by atoms with Gasteiger partial charge in [-0.1, -0.05) is 30.3 Å². The number of ether oxygens (including phenoxy) is 2. The topological polar surface area (TPSA) is 74.3 Å². The van der Waals surface area contributed by atoms with E-state index in [1.165, 1.54) is 0 Å². The van der Waals surface area contributed by atoms with Gasteiger partial charge >= 0.3 is 0 Å². The summed E-state index contributed by atoms with van der Waals surface area (Å²) in [6.45, 7) is 0.558. The number of imidazole rings is 1. The molecule has 2 aromatic carbocycles. The van der Waals surface area contributed by atoms with Gasteiger partial charge in [0.15, 0.2) is 0 Å². The van der Waals surface area contributed by atoms with Gasteiger partial charge in [-0.15, -0.1) is 0 Å². The molecule has 0 aliphatic rings. The van der Waals surface area contributed by atoms with Crippen molar-refractivity contribution >= 4 is 5.95 Å². The van der Waals surface area contributed by atoms with E-state index in [4.69, 9.17) is 15.2 Å². The molecule has 0 unspecified atom stereocenters. The molecular weight excluding hydrogens is 304 g/mol. The third-order valence-corrected chi connectivity index (χ3v) is 3.67. The Kier molecular flexibility index (Phi) is 4.56. The maximum absolute atomic E-state index is 5.99. The molecule has 0 amide bonds. The number of hydrogen-bond acceptors (Lipinski definition) is 5. The molecule has 0 radical (unpaired) electrons. The Morgan fingerprint density at radius 1 is 1.04 bits per heavy atom. The van der Waals surface area contributed by atoms with Crippen molar-refractivity contribution in [3.05, 3.63) is 60.3 Å². The van der Waals surface area contributed by atoms with E-state index in [1.807, 2.05) is 54.7 Å². The minimum absolute atomic E-state index is 0.406. The molecule has 1 aromatic heterocycles. The van der Waals surface area contributed by atoms with E-state index in [-0.39, 0.29) is 0 Å². The zero-order chi connectivity index (χ0) is 16.9. The molecule has 0 bridgehead atoms. The van der Waals surface area contributed by atoms with Crippen LogP contribution in [0.4, 0.5) is 5.95 Å². The van der Waals surface area contributed by atoms with Crippen molar-refractivity contribution in [2.45, 2.75) is 6.54 Å². The molecule has 6 heteroatoms. The quantitative estimate of drug-likeness (QED) is 0.729. The van der Waals surface area contributed by atoms with Crippen LogP contribution in [0.2, 0.25) is 0 Å². The highest BCUT2D eigenvalue weighted by Crippen LogP contribution is 2.23. The molecule has 3 aromatic rings. The minimum atomic E-state index is 0.406. The van der Waals surface area contributed by atoms with Crippen molar-refractivity contribution in [1.82, 2.24) is 9.66 Å². The van der Waals surface area contributed by atoms with Crippen LogP contribution in [0.15, 0.2) is 54.7 Å². The molecule has 3 N–H and O–H groups in total. The van der Waals surface area contributed by atoms with Crippen LogP contribution < -0.4 is 20.6 Å². The lowest BCUT2D eigenvalue weighted by Gasteiger charge is -2.11. The van der Waals surface area contributed by atoms with Crippen LogP contribution in [0, 0.1) is 0 Å². The molecule has 0 aliphatic carbocycles. The zero-order valence-electron chi connectivity index (χ0n) is 13.7. The molecule has 0 saturated heterocycles. The molecule has 6 nitrogen and oxygen atoms in total. The van der Waals surface area contributed by atoms with Gasteiger partial charge in [0, 0.05) is 11.6 Å². The summed E-state index contributed by atoms with van der Waals surface area (Å²) in [4.78, 5) is 4.39. The molecule has 0 aliphatic heterocycles. The first-order valence-electron chi connectivity index (χ1n) is 7.55. The van der Waals surface area contributed by atoms with Gasteiger partial charge in [-0.2, -0.15) is 0 Å². The van der Waals surface area contributed by atoms with Gasteiger partial charge in [-0.05, 0) is 17.7 Å². The number of aromatic nitrogens is 2. The van der Waals surface area contributed by atoms with Crippen molar-refractivity contribution in [2.75, 3.05) is 25.4 Å². The third kappa shape index (κ3) is 3.43. The number of nitrogens with one attached hydrogen (secondary N) is 1. The maximum atomic E-state index is 5.99. The van der Waals surface area contributed by atoms with Crippen LogP contribution in [-0.2, 0) is 6.54 Å². The first-order valence-corrected chi connectivity index (χ1v) is 7.55. The maximum Gasteiger partial charge on any atom is 0.219 e. The van der Waals surface area contributed by atoms with E-state index in [1.54, 1.807) is 18.9 Å². The summed E-state index contributed by atoms with van der Waals surface area (Å²) in [5.74, 6) is 1.90. The van der Waals surface area contributed by atoms with Crippen LogP contribution in [0.3, 0.4) is 0 Å². The molecule has 0 spiro atoms. The van der Waals surface area contributed by atoms with Crippen molar-refractivity contribution in [1.29, 1.82) is 0 Å². The summed E-state index contributed by atoms with van der Waals surface area (Å²) in [6.07, 6.45) is 1.88. The van der Waals surface area contributed by atoms with Crippen molar-refractivity contribution in [3.8, 4) is 22.8 Å². The smallest absolute Gasteiger partial charge is 0.219 e. The second kappa shape index (κ2) is 6.95. The lowest BCUT2D eigenvalue weighted by Crippen LogP contribution is -2.15. The average molecular weight is 324 g/mol. The Hall–Kier alpha value is -3.15. The van der Waals surface area contributed by atoms with Gasteiger partial charge in [0.1, 0.15) is 11.5 Å². The van der Waals surface area contributed by atoms with Gasteiger partial charge in [-0.3, -0.25) is 0 Å². The van der Waals surface area contributed by atoms with Crippen LogP contribution in [0.5, 0.6) is 11.5 Å². The SMILES string of the molecule is COc1cc(CNn2cc(-c3ccccc3)nc2N)cc(OC)c1. The number of anilines is 1. The normalized spacial score (nSPS) is 10.4. The molecule has 0 saturated carbocycles. The molecular formula is C18H20N4O2. The first-order chi connectivity index (χ1) is 11.7. The Balaban J connectivity index is 1.77. The molecule has 0 atom stereocenters. The number of hydrogen-bond donors (Lipinski definition) is 2. The highest BCUT2D eigenvalue weighted by Gasteiger charge is 2.07. The summed E-state index contributed by atoms with van der Waals surface area (Å²) in [5.41, 5.74) is 12.1. The Bertz CT molecular complexity index is 793. The van der Waals surface area contributed by atoms with Crippen LogP contribution in [0.1, 0.15) is 5.56 Å². The number of nitrogen functional groups attached to an aromatic ring is 1. The number of nitrogens with zero attached hydrogens (tertiary/aromatic N) is 2. The van der Waals surface area contributed by atoms with Gasteiger partial charge in [0.05, 0.1) is 32.7 Å². The van der Waals surface area contributed by atoms with Crippen molar-refractivity contribution in [2.24, 2.45) is 0 Å². The molecule has 3 rings (SSSR count). The summed E-state index contributed by atoms with van der Waals surface area (Å²) < 4.78 is 12.3. The lowest BCUT2D eigenvalue weighted by molar-refractivity contribution is 0.393. The van der Waals surface area contributed by atoms with Crippen molar-refractivity contribution < 1.29 is 9.47 Å². The van der Waals surface area contributed by atoms with E-state index in [9.17, 15) is 0 Å². The van der Waals surface area contributed by atoms with Gasteiger partial charge < -0.3 is 20.6 Å². The highest BCUT2D eigenvalue weighted by molar-refractivity contribution is 5.60. The summed E-state index contributed by atoms with van der Waals surface area (Å²) in [7, 11) is 3.26. The monoisotopic (exact) mass is 324 g/mol. The molecule has 0 fully saturated rings. The third-order valence-electron chi connectivity index (χ3n) is 3.67. The Morgan fingerprint density at radius 2 is 1.71 bits per heavy atom. The van der Waals surface area contributed by atoms with Crippen LogP contribution in [0.25, 0.3) is 11.3 Å². The van der Waals surface area contributed by atoms with Crippen LogP contribution >= 0.6 is 0 Å². The summed E-state index contributed by atoms with van der Waals surface area (Å²) >= 11 is 0. The summed E-state index contributed by atoms with van der Waals surface area (Å²) in [6, 6.07) is 15.6. The van der Waals surface area contributed by atoms with Gasteiger partial charge in [0.2, 0.25) is 5.95 Å². The zero-order valence-corrected chi connectivity index (χ0v) is 13.7. The first kappa shape index (κ1) is 15.7. The van der Waals surface area contributed by atoms with E-state index in [2.05, 4.69) is 10.4 Å². The number of benzene rings is 2. The second-order valence-electron chi connectivity index (χ2n) is 5.28. The Morgan fingerprint density at radius 3 is 2.33 bits per heavy atom. The fourth-order valence-corrected chi connectivity index (χ4v) is 2.41. The predicted molar refractivity (Wildman–Crippen MR) is 94.7 cm³/mol.